The molecular formula is C22H21N3O2S. The first-order chi connectivity index (χ1) is 13.7. The van der Waals surface area contributed by atoms with Gasteiger partial charge < -0.3 is 10.3 Å². The normalized spacial score (nSPS) is 11.6. The molecule has 0 radical (unpaired) electrons. The number of fused-ring (bicyclic) bond motifs is 3. The van der Waals surface area contributed by atoms with Crippen molar-refractivity contribution in [2.45, 2.75) is 13.0 Å². The summed E-state index contributed by atoms with van der Waals surface area (Å²) in [5.74, 6) is -0.539. The second-order valence-corrected chi connectivity index (χ2v) is 7.56. The number of hydrogen-bond donors (Lipinski definition) is 4. The first-order valence-corrected chi connectivity index (χ1v) is 10.0. The lowest BCUT2D eigenvalue weighted by Crippen LogP contribution is -2.16. The van der Waals surface area contributed by atoms with Crippen LogP contribution in [0.25, 0.3) is 27.2 Å². The minimum atomic E-state index is -0.539. The molecule has 0 aliphatic carbocycles. The van der Waals surface area contributed by atoms with Crippen molar-refractivity contribution >= 4 is 44.4 Å². The van der Waals surface area contributed by atoms with Crippen molar-refractivity contribution in [3.05, 3.63) is 76.7 Å². The van der Waals surface area contributed by atoms with Gasteiger partial charge in [-0.1, -0.05) is 30.3 Å². The molecule has 0 unspecified atom stereocenters. The maximum Gasteiger partial charge on any atom is 0.267 e. The summed E-state index contributed by atoms with van der Waals surface area (Å²) in [4.78, 5) is 15.7. The highest BCUT2D eigenvalue weighted by atomic mass is 32.1. The summed E-state index contributed by atoms with van der Waals surface area (Å²) in [6, 6.07) is 16.8. The highest BCUT2D eigenvalue weighted by molar-refractivity contribution is 7.17. The van der Waals surface area contributed by atoms with Crippen molar-refractivity contribution < 1.29 is 10.0 Å². The number of thiophene rings is 1. The molecular weight excluding hydrogens is 370 g/mol. The van der Waals surface area contributed by atoms with Crippen LogP contribution in [0.3, 0.4) is 0 Å². The number of hydroxylamine groups is 1. The third-order valence-corrected chi connectivity index (χ3v) is 5.55. The Morgan fingerprint density at radius 3 is 2.71 bits per heavy atom. The van der Waals surface area contributed by atoms with E-state index in [1.807, 2.05) is 24.3 Å². The fraction of sp³-hybridized carbons (Fsp3) is 0.136. The number of nitrogens with one attached hydrogen (secondary N) is 3. The Bertz CT molecular complexity index is 1130. The molecule has 4 N–H and O–H groups in total. The van der Waals surface area contributed by atoms with Gasteiger partial charge in [-0.05, 0) is 59.3 Å². The van der Waals surface area contributed by atoms with Crippen LogP contribution in [-0.4, -0.2) is 22.6 Å². The zero-order valence-electron chi connectivity index (χ0n) is 15.2. The summed E-state index contributed by atoms with van der Waals surface area (Å²) >= 11 is 1.74. The maximum absolute atomic E-state index is 11.0. The summed E-state index contributed by atoms with van der Waals surface area (Å²) in [5.41, 5.74) is 6.19. The van der Waals surface area contributed by atoms with E-state index in [4.69, 9.17) is 5.21 Å². The van der Waals surface area contributed by atoms with Gasteiger partial charge in [-0.15, -0.1) is 11.3 Å². The van der Waals surface area contributed by atoms with Gasteiger partial charge >= 0.3 is 0 Å². The second kappa shape index (κ2) is 8.39. The smallest absolute Gasteiger partial charge is 0.267 e. The fourth-order valence-corrected chi connectivity index (χ4v) is 4.05. The van der Waals surface area contributed by atoms with Crippen LogP contribution < -0.4 is 10.8 Å². The average molecular weight is 391 g/mol. The molecule has 0 spiro atoms. The highest BCUT2D eigenvalue weighted by Gasteiger charge is 2.05. The van der Waals surface area contributed by atoms with Crippen LogP contribution in [0.4, 0.5) is 0 Å². The van der Waals surface area contributed by atoms with E-state index in [1.54, 1.807) is 22.9 Å². The van der Waals surface area contributed by atoms with Gasteiger partial charge in [-0.3, -0.25) is 10.0 Å². The SMILES string of the molecule is O=C(/C=C/c1ccc(CNCCc2ccc3[nH]c4sccc4c3c2)cc1)NO. The summed E-state index contributed by atoms with van der Waals surface area (Å²) in [6.07, 6.45) is 3.92. The van der Waals surface area contributed by atoms with Crippen LogP contribution in [0.5, 0.6) is 0 Å². The molecule has 6 heteroatoms. The van der Waals surface area contributed by atoms with Crippen LogP contribution in [-0.2, 0) is 17.8 Å². The molecule has 0 saturated heterocycles. The summed E-state index contributed by atoms with van der Waals surface area (Å²) < 4.78 is 0. The molecule has 2 aromatic carbocycles. The molecule has 0 fully saturated rings. The topological polar surface area (TPSA) is 77.2 Å². The monoisotopic (exact) mass is 391 g/mol. The van der Waals surface area contributed by atoms with E-state index in [1.165, 1.54) is 38.3 Å². The molecule has 0 bridgehead atoms. The third kappa shape index (κ3) is 4.14. The molecule has 2 aromatic heterocycles. The second-order valence-electron chi connectivity index (χ2n) is 6.65. The van der Waals surface area contributed by atoms with E-state index in [0.29, 0.717) is 0 Å². The van der Waals surface area contributed by atoms with Crippen molar-refractivity contribution in [1.82, 2.24) is 15.8 Å². The van der Waals surface area contributed by atoms with E-state index in [-0.39, 0.29) is 0 Å². The van der Waals surface area contributed by atoms with Crippen molar-refractivity contribution in [2.75, 3.05) is 6.54 Å². The lowest BCUT2D eigenvalue weighted by Gasteiger charge is -2.06. The Kier molecular flexibility index (Phi) is 5.53. The number of amides is 1. The first-order valence-electron chi connectivity index (χ1n) is 9.12. The molecule has 4 rings (SSSR count). The number of rotatable bonds is 7. The number of benzene rings is 2. The van der Waals surface area contributed by atoms with Gasteiger partial charge in [-0.25, -0.2) is 5.48 Å². The molecule has 2 heterocycles. The molecule has 0 aliphatic rings. The van der Waals surface area contributed by atoms with E-state index in [9.17, 15) is 4.79 Å². The van der Waals surface area contributed by atoms with Gasteiger partial charge in [0.05, 0.1) is 0 Å². The lowest BCUT2D eigenvalue weighted by atomic mass is 10.1. The largest absolute Gasteiger partial charge is 0.346 e. The van der Waals surface area contributed by atoms with E-state index in [2.05, 4.69) is 39.9 Å². The highest BCUT2D eigenvalue weighted by Crippen LogP contribution is 2.29. The van der Waals surface area contributed by atoms with Crippen LogP contribution in [0.1, 0.15) is 16.7 Å². The van der Waals surface area contributed by atoms with Gasteiger partial charge in [0.15, 0.2) is 0 Å². The van der Waals surface area contributed by atoms with E-state index < -0.39 is 5.91 Å². The third-order valence-electron chi connectivity index (χ3n) is 4.72. The molecule has 1 amide bonds. The van der Waals surface area contributed by atoms with Crippen molar-refractivity contribution in [3.63, 3.8) is 0 Å². The first kappa shape index (κ1) is 18.4. The lowest BCUT2D eigenvalue weighted by molar-refractivity contribution is -0.124. The number of hydrogen-bond acceptors (Lipinski definition) is 4. The number of carbonyl (C=O) groups is 1. The molecule has 0 atom stereocenters. The average Bonchev–Trinajstić information content (AvgIpc) is 3.31. The molecule has 4 aromatic rings. The molecule has 142 valence electrons. The quantitative estimate of drug-likeness (QED) is 0.165. The predicted octanol–water partition coefficient (Wildman–Crippen LogP) is 4.23. The number of aromatic amines is 1. The van der Waals surface area contributed by atoms with Crippen molar-refractivity contribution in [2.24, 2.45) is 0 Å². The van der Waals surface area contributed by atoms with Crippen LogP contribution in [0.2, 0.25) is 0 Å². The minimum absolute atomic E-state index is 0.539. The minimum Gasteiger partial charge on any atom is -0.346 e. The summed E-state index contributed by atoms with van der Waals surface area (Å²) in [7, 11) is 0. The molecule has 5 nitrogen and oxygen atoms in total. The van der Waals surface area contributed by atoms with Crippen molar-refractivity contribution in [3.8, 4) is 0 Å². The predicted molar refractivity (Wildman–Crippen MR) is 114 cm³/mol. The zero-order chi connectivity index (χ0) is 19.3. The zero-order valence-corrected chi connectivity index (χ0v) is 16.1. The van der Waals surface area contributed by atoms with Crippen LogP contribution in [0.15, 0.2) is 60.0 Å². The Morgan fingerprint density at radius 1 is 1.07 bits per heavy atom. The van der Waals surface area contributed by atoms with Gasteiger partial charge in [0, 0.05) is 28.9 Å². The molecule has 28 heavy (non-hydrogen) atoms. The van der Waals surface area contributed by atoms with Gasteiger partial charge in [0.25, 0.3) is 5.91 Å². The van der Waals surface area contributed by atoms with Gasteiger partial charge in [0.2, 0.25) is 0 Å². The number of carbonyl (C=O) groups excluding carboxylic acids is 1. The number of aromatic nitrogens is 1. The summed E-state index contributed by atoms with van der Waals surface area (Å²) in [6.45, 7) is 1.70. The van der Waals surface area contributed by atoms with Crippen LogP contribution >= 0.6 is 11.3 Å². The number of H-pyrrole nitrogens is 1. The maximum atomic E-state index is 11.0. The Labute approximate surface area is 166 Å². The molecule has 0 aliphatic heterocycles. The summed E-state index contributed by atoms with van der Waals surface area (Å²) in [5, 5.41) is 16.7. The van der Waals surface area contributed by atoms with E-state index >= 15 is 0 Å². The standard InChI is InChI=1S/C22H21N3O2S/c26-21(25-27)8-6-15-1-3-17(4-2-15)14-23-11-9-16-5-7-20-19(13-16)18-10-12-28-22(18)24-20/h1-8,10,12-13,23-24,27H,9,11,14H2,(H,25,26)/b8-6+. The van der Waals surface area contributed by atoms with Gasteiger partial charge in [0.1, 0.15) is 4.83 Å². The van der Waals surface area contributed by atoms with Crippen molar-refractivity contribution in [1.29, 1.82) is 0 Å². The molecule has 0 saturated carbocycles. The van der Waals surface area contributed by atoms with Gasteiger partial charge in [-0.2, -0.15) is 0 Å². The van der Waals surface area contributed by atoms with E-state index in [0.717, 1.165) is 25.1 Å². The van der Waals surface area contributed by atoms with Crippen LogP contribution in [0, 0.1) is 0 Å². The fourth-order valence-electron chi connectivity index (χ4n) is 3.24. The Morgan fingerprint density at radius 2 is 1.89 bits per heavy atom. The Balaban J connectivity index is 1.30. The Hall–Kier alpha value is -2.93.